The first-order valence-electron chi connectivity index (χ1n) is 4.75. The quantitative estimate of drug-likeness (QED) is 0.588. The van der Waals surface area contributed by atoms with Crippen molar-refractivity contribution in [3.05, 3.63) is 0 Å². The van der Waals surface area contributed by atoms with Gasteiger partial charge in [0.05, 0.1) is 0 Å². The van der Waals surface area contributed by atoms with E-state index in [9.17, 15) is 0 Å². The highest BCUT2D eigenvalue weighted by molar-refractivity contribution is 9.09. The zero-order chi connectivity index (χ0) is 8.43. The van der Waals surface area contributed by atoms with E-state index in [0.717, 1.165) is 17.8 Å². The SMILES string of the molecule is CC1CCC(C(C)Br)C(C)C1. The van der Waals surface area contributed by atoms with Gasteiger partial charge in [0.25, 0.3) is 0 Å². The number of halogens is 1. The van der Waals surface area contributed by atoms with Crippen molar-refractivity contribution in [2.75, 3.05) is 0 Å². The Morgan fingerprint density at radius 2 is 1.91 bits per heavy atom. The predicted octanol–water partition coefficient (Wildman–Crippen LogP) is 3.84. The summed E-state index contributed by atoms with van der Waals surface area (Å²) in [5.74, 6) is 2.81. The van der Waals surface area contributed by atoms with Crippen LogP contribution < -0.4 is 0 Å². The van der Waals surface area contributed by atoms with E-state index in [1.807, 2.05) is 0 Å². The Kier molecular flexibility index (Phi) is 3.42. The lowest BCUT2D eigenvalue weighted by atomic mass is 9.74. The largest absolute Gasteiger partial charge is 0.0891 e. The van der Waals surface area contributed by atoms with E-state index in [0.29, 0.717) is 4.83 Å². The van der Waals surface area contributed by atoms with Crippen LogP contribution in [0.2, 0.25) is 0 Å². The van der Waals surface area contributed by atoms with Gasteiger partial charge in [0.1, 0.15) is 0 Å². The average Bonchev–Trinajstić information content (AvgIpc) is 1.85. The molecule has 0 spiro atoms. The highest BCUT2D eigenvalue weighted by atomic mass is 79.9. The fourth-order valence-corrected chi connectivity index (χ4v) is 3.16. The molecule has 66 valence electrons. The lowest BCUT2D eigenvalue weighted by molar-refractivity contribution is 0.206. The van der Waals surface area contributed by atoms with Crippen molar-refractivity contribution in [2.24, 2.45) is 17.8 Å². The van der Waals surface area contributed by atoms with Crippen molar-refractivity contribution in [2.45, 2.75) is 44.9 Å². The van der Waals surface area contributed by atoms with E-state index >= 15 is 0 Å². The van der Waals surface area contributed by atoms with Gasteiger partial charge in [0.2, 0.25) is 0 Å². The summed E-state index contributed by atoms with van der Waals surface area (Å²) < 4.78 is 0. The Bertz CT molecular complexity index is 120. The van der Waals surface area contributed by atoms with Crippen LogP contribution in [0.15, 0.2) is 0 Å². The van der Waals surface area contributed by atoms with Crippen LogP contribution in [0.25, 0.3) is 0 Å². The topological polar surface area (TPSA) is 0 Å². The van der Waals surface area contributed by atoms with Crippen molar-refractivity contribution in [3.63, 3.8) is 0 Å². The maximum absolute atomic E-state index is 3.70. The molecule has 4 atom stereocenters. The minimum absolute atomic E-state index is 0.713. The molecule has 1 rings (SSSR count). The monoisotopic (exact) mass is 218 g/mol. The third kappa shape index (κ3) is 2.47. The first-order valence-corrected chi connectivity index (χ1v) is 5.67. The summed E-state index contributed by atoms with van der Waals surface area (Å²) in [5, 5.41) is 0. The van der Waals surface area contributed by atoms with Crippen molar-refractivity contribution >= 4 is 15.9 Å². The zero-order valence-electron chi connectivity index (χ0n) is 7.81. The summed E-state index contributed by atoms with van der Waals surface area (Å²) in [7, 11) is 0. The van der Waals surface area contributed by atoms with Crippen LogP contribution >= 0.6 is 15.9 Å². The van der Waals surface area contributed by atoms with Crippen molar-refractivity contribution in [3.8, 4) is 0 Å². The average molecular weight is 219 g/mol. The maximum atomic E-state index is 3.70. The number of hydrogen-bond acceptors (Lipinski definition) is 0. The zero-order valence-corrected chi connectivity index (χ0v) is 9.39. The second-order valence-corrected chi connectivity index (χ2v) is 5.68. The molecule has 0 aromatic heterocycles. The minimum Gasteiger partial charge on any atom is -0.0891 e. The van der Waals surface area contributed by atoms with Crippen LogP contribution in [0.4, 0.5) is 0 Å². The van der Waals surface area contributed by atoms with E-state index in [2.05, 4.69) is 36.7 Å². The Hall–Kier alpha value is 0.480. The molecule has 0 amide bonds. The van der Waals surface area contributed by atoms with Gasteiger partial charge in [-0.05, 0) is 30.6 Å². The van der Waals surface area contributed by atoms with Gasteiger partial charge >= 0.3 is 0 Å². The molecule has 0 aromatic carbocycles. The molecule has 1 aliphatic rings. The smallest absolute Gasteiger partial charge is 0.0148 e. The Balaban J connectivity index is 2.44. The summed E-state index contributed by atoms with van der Waals surface area (Å²) >= 11 is 3.70. The standard InChI is InChI=1S/C10H19Br/c1-7-4-5-10(9(3)11)8(2)6-7/h7-10H,4-6H2,1-3H3. The van der Waals surface area contributed by atoms with Crippen LogP contribution in [0.1, 0.15) is 40.0 Å². The second kappa shape index (κ2) is 3.93. The number of alkyl halides is 1. The van der Waals surface area contributed by atoms with E-state index in [-0.39, 0.29) is 0 Å². The van der Waals surface area contributed by atoms with E-state index in [1.54, 1.807) is 0 Å². The lowest BCUT2D eigenvalue weighted by Gasteiger charge is -2.34. The molecule has 0 radical (unpaired) electrons. The third-order valence-corrected chi connectivity index (χ3v) is 3.77. The highest BCUT2D eigenvalue weighted by Crippen LogP contribution is 2.37. The van der Waals surface area contributed by atoms with Gasteiger partial charge < -0.3 is 0 Å². The maximum Gasteiger partial charge on any atom is 0.0148 e. The van der Waals surface area contributed by atoms with Crippen molar-refractivity contribution < 1.29 is 0 Å². The molecule has 1 saturated carbocycles. The molecule has 1 fully saturated rings. The van der Waals surface area contributed by atoms with E-state index in [1.165, 1.54) is 19.3 Å². The van der Waals surface area contributed by atoms with Gasteiger partial charge in [-0.1, -0.05) is 43.1 Å². The molecule has 4 unspecified atom stereocenters. The molecular formula is C10H19Br. The molecule has 0 N–H and O–H groups in total. The summed E-state index contributed by atoms with van der Waals surface area (Å²) in [6.07, 6.45) is 4.29. The second-order valence-electron chi connectivity index (χ2n) is 4.24. The molecule has 0 aliphatic heterocycles. The summed E-state index contributed by atoms with van der Waals surface area (Å²) in [5.41, 5.74) is 0. The fourth-order valence-electron chi connectivity index (χ4n) is 2.37. The van der Waals surface area contributed by atoms with Gasteiger partial charge in [0.15, 0.2) is 0 Å². The van der Waals surface area contributed by atoms with Crippen LogP contribution in [-0.2, 0) is 0 Å². The molecule has 0 bridgehead atoms. The van der Waals surface area contributed by atoms with Crippen molar-refractivity contribution in [1.29, 1.82) is 0 Å². The first-order chi connectivity index (χ1) is 5.11. The van der Waals surface area contributed by atoms with E-state index < -0.39 is 0 Å². The molecular weight excluding hydrogens is 200 g/mol. The summed E-state index contributed by atoms with van der Waals surface area (Å²) in [4.78, 5) is 0.713. The fraction of sp³-hybridized carbons (Fsp3) is 1.00. The molecule has 1 aliphatic carbocycles. The van der Waals surface area contributed by atoms with Crippen molar-refractivity contribution in [1.82, 2.24) is 0 Å². The predicted molar refractivity (Wildman–Crippen MR) is 54.1 cm³/mol. The van der Waals surface area contributed by atoms with Crippen LogP contribution in [0.5, 0.6) is 0 Å². The Morgan fingerprint density at radius 3 is 2.36 bits per heavy atom. The van der Waals surface area contributed by atoms with Gasteiger partial charge in [-0.15, -0.1) is 0 Å². The number of hydrogen-bond donors (Lipinski definition) is 0. The van der Waals surface area contributed by atoms with Gasteiger partial charge in [-0.25, -0.2) is 0 Å². The molecule has 0 nitrogen and oxygen atoms in total. The molecule has 0 saturated heterocycles. The summed E-state index contributed by atoms with van der Waals surface area (Å²) in [6.45, 7) is 7.07. The molecule has 0 heterocycles. The Morgan fingerprint density at radius 1 is 1.27 bits per heavy atom. The Labute approximate surface area is 78.9 Å². The number of rotatable bonds is 1. The van der Waals surface area contributed by atoms with Crippen LogP contribution in [0, 0.1) is 17.8 Å². The van der Waals surface area contributed by atoms with Gasteiger partial charge in [-0.2, -0.15) is 0 Å². The van der Waals surface area contributed by atoms with Crippen LogP contribution in [0.3, 0.4) is 0 Å². The highest BCUT2D eigenvalue weighted by Gasteiger charge is 2.27. The molecule has 11 heavy (non-hydrogen) atoms. The normalized spacial score (nSPS) is 42.0. The van der Waals surface area contributed by atoms with Crippen LogP contribution in [-0.4, -0.2) is 4.83 Å². The third-order valence-electron chi connectivity index (χ3n) is 3.09. The first kappa shape index (κ1) is 9.57. The van der Waals surface area contributed by atoms with Gasteiger partial charge in [0, 0.05) is 4.83 Å². The molecule has 0 aromatic rings. The summed E-state index contributed by atoms with van der Waals surface area (Å²) in [6, 6.07) is 0. The lowest BCUT2D eigenvalue weighted by Crippen LogP contribution is -2.26. The van der Waals surface area contributed by atoms with Gasteiger partial charge in [-0.3, -0.25) is 0 Å². The van der Waals surface area contributed by atoms with E-state index in [4.69, 9.17) is 0 Å². The minimum atomic E-state index is 0.713. The molecule has 1 heteroatoms.